The SMILES string of the molecule is Cc1c(-c2nc(-c3ccc4c(c3)Sc3ccccc3C(=O)N4C)no2)cccc1[N+](=O)[O-]. The Morgan fingerprint density at radius 2 is 1.81 bits per heavy atom. The molecule has 0 radical (unpaired) electrons. The lowest BCUT2D eigenvalue weighted by molar-refractivity contribution is -0.385. The van der Waals surface area contributed by atoms with Crippen molar-refractivity contribution in [1.82, 2.24) is 10.1 Å². The largest absolute Gasteiger partial charge is 0.334 e. The van der Waals surface area contributed by atoms with Gasteiger partial charge >= 0.3 is 0 Å². The van der Waals surface area contributed by atoms with Crippen LogP contribution in [0.1, 0.15) is 15.9 Å². The van der Waals surface area contributed by atoms with Crippen LogP contribution in [0, 0.1) is 17.0 Å². The van der Waals surface area contributed by atoms with Crippen LogP contribution in [0.3, 0.4) is 0 Å². The molecule has 4 aromatic rings. The second-order valence-electron chi connectivity index (χ2n) is 7.27. The van der Waals surface area contributed by atoms with Crippen molar-refractivity contribution in [2.75, 3.05) is 11.9 Å². The molecule has 0 saturated heterocycles. The topological polar surface area (TPSA) is 102 Å². The van der Waals surface area contributed by atoms with Crippen LogP contribution in [0.15, 0.2) is 75.0 Å². The van der Waals surface area contributed by atoms with Gasteiger partial charge in [0, 0.05) is 39.6 Å². The second kappa shape index (κ2) is 7.61. The highest BCUT2D eigenvalue weighted by Crippen LogP contribution is 2.42. The molecule has 2 heterocycles. The summed E-state index contributed by atoms with van der Waals surface area (Å²) >= 11 is 1.51. The van der Waals surface area contributed by atoms with Crippen molar-refractivity contribution in [3.8, 4) is 22.8 Å². The number of nitro groups is 1. The number of anilines is 1. The van der Waals surface area contributed by atoms with E-state index >= 15 is 0 Å². The minimum atomic E-state index is -0.435. The first-order chi connectivity index (χ1) is 15.4. The fourth-order valence-electron chi connectivity index (χ4n) is 3.66. The minimum Gasteiger partial charge on any atom is -0.334 e. The average Bonchev–Trinajstić information content (AvgIpc) is 3.25. The lowest BCUT2D eigenvalue weighted by Gasteiger charge is -2.17. The second-order valence-corrected chi connectivity index (χ2v) is 8.36. The Balaban J connectivity index is 1.55. The third-order valence-corrected chi connectivity index (χ3v) is 6.50. The number of fused-ring (bicyclic) bond motifs is 2. The average molecular weight is 444 g/mol. The molecule has 0 bridgehead atoms. The summed E-state index contributed by atoms with van der Waals surface area (Å²) in [6.45, 7) is 1.65. The predicted molar refractivity (Wildman–Crippen MR) is 120 cm³/mol. The summed E-state index contributed by atoms with van der Waals surface area (Å²) in [4.78, 5) is 31.5. The molecule has 3 aromatic carbocycles. The van der Waals surface area contributed by atoms with Gasteiger partial charge in [-0.1, -0.05) is 35.1 Å². The van der Waals surface area contributed by atoms with Crippen LogP contribution in [0.4, 0.5) is 11.4 Å². The Hall–Kier alpha value is -3.98. The molecule has 8 nitrogen and oxygen atoms in total. The fourth-order valence-corrected chi connectivity index (χ4v) is 4.80. The standard InChI is InChI=1S/C23H16N4O4S/c1-13-15(7-5-8-17(13)27(29)30)22-24-21(25-31-22)14-10-11-18-20(12-14)32-19-9-4-3-6-16(19)23(28)26(18)2/h3-12H,1-2H3. The molecule has 0 unspecified atom stereocenters. The summed E-state index contributed by atoms with van der Waals surface area (Å²) in [5.74, 6) is 0.504. The zero-order chi connectivity index (χ0) is 22.4. The molecule has 0 saturated carbocycles. The molecular formula is C23H16N4O4S. The summed E-state index contributed by atoms with van der Waals surface area (Å²) in [7, 11) is 1.75. The Morgan fingerprint density at radius 3 is 2.62 bits per heavy atom. The van der Waals surface area contributed by atoms with E-state index in [1.165, 1.54) is 17.8 Å². The van der Waals surface area contributed by atoms with Gasteiger partial charge in [-0.15, -0.1) is 0 Å². The summed E-state index contributed by atoms with van der Waals surface area (Å²) in [5, 5.41) is 15.3. The number of rotatable bonds is 3. The normalized spacial score (nSPS) is 12.8. The van der Waals surface area contributed by atoms with Gasteiger partial charge in [0.2, 0.25) is 5.82 Å². The van der Waals surface area contributed by atoms with E-state index < -0.39 is 4.92 Å². The molecule has 32 heavy (non-hydrogen) atoms. The summed E-state index contributed by atoms with van der Waals surface area (Å²) in [6.07, 6.45) is 0. The number of amides is 1. The van der Waals surface area contributed by atoms with Crippen LogP contribution < -0.4 is 4.90 Å². The Kier molecular flexibility index (Phi) is 4.75. The molecule has 0 N–H and O–H groups in total. The van der Waals surface area contributed by atoms with E-state index in [1.54, 1.807) is 31.0 Å². The van der Waals surface area contributed by atoms with Crippen molar-refractivity contribution < 1.29 is 14.2 Å². The van der Waals surface area contributed by atoms with E-state index in [2.05, 4.69) is 10.1 Å². The predicted octanol–water partition coefficient (Wildman–Crippen LogP) is 5.36. The maximum absolute atomic E-state index is 12.8. The monoisotopic (exact) mass is 444 g/mol. The minimum absolute atomic E-state index is 0.00458. The molecule has 0 spiro atoms. The number of nitro benzene ring substituents is 1. The highest BCUT2D eigenvalue weighted by atomic mass is 32.2. The van der Waals surface area contributed by atoms with Gasteiger partial charge in [-0.25, -0.2) is 0 Å². The molecular weight excluding hydrogens is 428 g/mol. The van der Waals surface area contributed by atoms with Crippen LogP contribution in [-0.4, -0.2) is 28.0 Å². The molecule has 1 amide bonds. The van der Waals surface area contributed by atoms with E-state index in [-0.39, 0.29) is 17.5 Å². The summed E-state index contributed by atoms with van der Waals surface area (Å²) in [6, 6.07) is 17.8. The Labute approximate surface area is 187 Å². The van der Waals surface area contributed by atoms with Crippen molar-refractivity contribution in [2.45, 2.75) is 16.7 Å². The van der Waals surface area contributed by atoms with E-state index in [9.17, 15) is 14.9 Å². The van der Waals surface area contributed by atoms with Crippen molar-refractivity contribution >= 4 is 29.0 Å². The van der Waals surface area contributed by atoms with Gasteiger partial charge < -0.3 is 9.42 Å². The third kappa shape index (κ3) is 3.23. The molecule has 0 atom stereocenters. The third-order valence-electron chi connectivity index (χ3n) is 5.38. The zero-order valence-corrected chi connectivity index (χ0v) is 17.9. The molecule has 158 valence electrons. The summed E-state index contributed by atoms with van der Waals surface area (Å²) in [5.41, 5.74) is 3.13. The van der Waals surface area contributed by atoms with Crippen LogP contribution in [0.25, 0.3) is 22.8 Å². The number of benzene rings is 3. The first-order valence-electron chi connectivity index (χ1n) is 9.71. The lowest BCUT2D eigenvalue weighted by Crippen LogP contribution is -2.25. The van der Waals surface area contributed by atoms with E-state index in [4.69, 9.17) is 4.52 Å². The van der Waals surface area contributed by atoms with E-state index in [1.807, 2.05) is 42.5 Å². The van der Waals surface area contributed by atoms with Crippen LogP contribution in [0.2, 0.25) is 0 Å². The first kappa shape index (κ1) is 20.0. The molecule has 1 aromatic heterocycles. The molecule has 9 heteroatoms. The van der Waals surface area contributed by atoms with Crippen LogP contribution in [-0.2, 0) is 0 Å². The maximum atomic E-state index is 12.8. The van der Waals surface area contributed by atoms with Crippen LogP contribution >= 0.6 is 11.8 Å². The van der Waals surface area contributed by atoms with Crippen molar-refractivity contribution in [3.63, 3.8) is 0 Å². The van der Waals surface area contributed by atoms with Gasteiger partial charge in [0.25, 0.3) is 17.5 Å². The molecule has 0 aliphatic carbocycles. The van der Waals surface area contributed by atoms with Crippen LogP contribution in [0.5, 0.6) is 0 Å². The first-order valence-corrected chi connectivity index (χ1v) is 10.5. The van der Waals surface area contributed by atoms with Gasteiger partial charge in [0.1, 0.15) is 0 Å². The number of hydrogen-bond acceptors (Lipinski definition) is 7. The summed E-state index contributed by atoms with van der Waals surface area (Å²) < 4.78 is 5.43. The van der Waals surface area contributed by atoms with Crippen molar-refractivity contribution in [1.29, 1.82) is 0 Å². The zero-order valence-electron chi connectivity index (χ0n) is 17.1. The number of carbonyl (C=O) groups excluding carboxylic acids is 1. The number of nitrogens with zero attached hydrogens (tertiary/aromatic N) is 4. The highest BCUT2D eigenvalue weighted by molar-refractivity contribution is 7.99. The smallest absolute Gasteiger partial charge is 0.273 e. The lowest BCUT2D eigenvalue weighted by atomic mass is 10.1. The van der Waals surface area contributed by atoms with E-state index in [0.29, 0.717) is 22.5 Å². The number of carbonyl (C=O) groups is 1. The Bertz CT molecular complexity index is 1400. The van der Waals surface area contributed by atoms with Gasteiger partial charge in [-0.05, 0) is 43.3 Å². The van der Waals surface area contributed by atoms with Gasteiger partial charge in [-0.3, -0.25) is 14.9 Å². The molecule has 0 fully saturated rings. The Morgan fingerprint density at radius 1 is 1.03 bits per heavy atom. The van der Waals surface area contributed by atoms with Crippen molar-refractivity contribution in [3.05, 3.63) is 81.9 Å². The maximum Gasteiger partial charge on any atom is 0.273 e. The quantitative estimate of drug-likeness (QED) is 0.309. The number of hydrogen-bond donors (Lipinski definition) is 0. The number of aromatic nitrogens is 2. The molecule has 1 aliphatic heterocycles. The molecule has 1 aliphatic rings. The van der Waals surface area contributed by atoms with Crippen molar-refractivity contribution in [2.24, 2.45) is 0 Å². The van der Waals surface area contributed by atoms with E-state index in [0.717, 1.165) is 21.0 Å². The fraction of sp³-hybridized carbons (Fsp3) is 0.0870. The van der Waals surface area contributed by atoms with Gasteiger partial charge in [0.05, 0.1) is 16.2 Å². The van der Waals surface area contributed by atoms with Gasteiger partial charge in [-0.2, -0.15) is 4.98 Å². The van der Waals surface area contributed by atoms with Gasteiger partial charge in [0.15, 0.2) is 0 Å². The molecule has 5 rings (SSSR count). The highest BCUT2D eigenvalue weighted by Gasteiger charge is 2.25.